The molecular weight excluding hydrogens is 253 g/mol. The molecule has 0 spiro atoms. The maximum atomic E-state index is 13.5. The predicted molar refractivity (Wildman–Crippen MR) is 53.9 cm³/mol. The summed E-state index contributed by atoms with van der Waals surface area (Å²) in [5, 5.41) is 8.55. The van der Waals surface area contributed by atoms with Crippen LogP contribution in [0.1, 0.15) is 22.8 Å². The SMILES string of the molecule is CCOC(=O)C(F)(F)c1ccc(C(=O)O)cc1F. The van der Waals surface area contributed by atoms with Crippen LogP contribution in [0.2, 0.25) is 0 Å². The molecular formula is C11H9F3O4. The smallest absolute Gasteiger partial charge is 0.382 e. The molecule has 0 fully saturated rings. The number of alkyl halides is 2. The molecule has 0 amide bonds. The maximum Gasteiger partial charge on any atom is 0.382 e. The van der Waals surface area contributed by atoms with Gasteiger partial charge < -0.3 is 9.84 Å². The number of hydrogen-bond donors (Lipinski definition) is 1. The molecule has 0 radical (unpaired) electrons. The van der Waals surface area contributed by atoms with E-state index in [0.717, 1.165) is 6.07 Å². The maximum absolute atomic E-state index is 13.5. The van der Waals surface area contributed by atoms with Gasteiger partial charge in [0.25, 0.3) is 0 Å². The zero-order chi connectivity index (χ0) is 13.9. The van der Waals surface area contributed by atoms with Crippen molar-refractivity contribution in [2.75, 3.05) is 6.61 Å². The number of halogens is 3. The van der Waals surface area contributed by atoms with E-state index in [-0.39, 0.29) is 6.61 Å². The number of carbonyl (C=O) groups is 2. The molecule has 18 heavy (non-hydrogen) atoms. The van der Waals surface area contributed by atoms with Crippen LogP contribution in [-0.2, 0) is 15.5 Å². The molecule has 0 aromatic heterocycles. The van der Waals surface area contributed by atoms with E-state index in [1.165, 1.54) is 6.92 Å². The molecule has 0 saturated carbocycles. The van der Waals surface area contributed by atoms with Crippen LogP contribution in [0.5, 0.6) is 0 Å². The second-order valence-corrected chi connectivity index (χ2v) is 3.29. The first-order valence-corrected chi connectivity index (χ1v) is 4.89. The fourth-order valence-corrected chi connectivity index (χ4v) is 1.23. The third kappa shape index (κ3) is 2.61. The Morgan fingerprint density at radius 3 is 2.44 bits per heavy atom. The van der Waals surface area contributed by atoms with Crippen LogP contribution in [0, 0.1) is 5.82 Å². The first-order valence-electron chi connectivity index (χ1n) is 4.89. The van der Waals surface area contributed by atoms with Crippen molar-refractivity contribution in [3.63, 3.8) is 0 Å². The van der Waals surface area contributed by atoms with E-state index in [2.05, 4.69) is 4.74 Å². The quantitative estimate of drug-likeness (QED) is 0.845. The Labute approximate surface area is 100.0 Å². The molecule has 0 aliphatic rings. The van der Waals surface area contributed by atoms with Gasteiger partial charge >= 0.3 is 17.9 Å². The highest BCUT2D eigenvalue weighted by Crippen LogP contribution is 2.31. The summed E-state index contributed by atoms with van der Waals surface area (Å²) >= 11 is 0. The molecule has 0 heterocycles. The molecule has 1 rings (SSSR count). The molecule has 0 aliphatic carbocycles. The summed E-state index contributed by atoms with van der Waals surface area (Å²) in [6.07, 6.45) is 0. The first kappa shape index (κ1) is 14.0. The van der Waals surface area contributed by atoms with Crippen LogP contribution in [0.15, 0.2) is 18.2 Å². The van der Waals surface area contributed by atoms with Gasteiger partial charge in [0.05, 0.1) is 17.7 Å². The summed E-state index contributed by atoms with van der Waals surface area (Å²) in [6, 6.07) is 1.76. The molecule has 0 unspecified atom stereocenters. The standard InChI is InChI=1S/C11H9F3O4/c1-2-18-10(17)11(13,14)7-4-3-6(9(15)16)5-8(7)12/h3-5H,2H2,1H3,(H,15,16). The van der Waals surface area contributed by atoms with Crippen LogP contribution in [0.3, 0.4) is 0 Å². The fourth-order valence-electron chi connectivity index (χ4n) is 1.23. The summed E-state index contributed by atoms with van der Waals surface area (Å²) in [6.45, 7) is 1.06. The van der Waals surface area contributed by atoms with Crippen LogP contribution >= 0.6 is 0 Å². The Morgan fingerprint density at radius 2 is 2.00 bits per heavy atom. The molecule has 1 aromatic carbocycles. The Kier molecular flexibility index (Phi) is 3.95. The van der Waals surface area contributed by atoms with Gasteiger partial charge in [-0.3, -0.25) is 0 Å². The molecule has 1 N–H and O–H groups in total. The minimum absolute atomic E-state index is 0.275. The predicted octanol–water partition coefficient (Wildman–Crippen LogP) is 2.18. The number of rotatable bonds is 4. The van der Waals surface area contributed by atoms with Crippen molar-refractivity contribution in [1.29, 1.82) is 0 Å². The second-order valence-electron chi connectivity index (χ2n) is 3.29. The number of hydrogen-bond acceptors (Lipinski definition) is 3. The van der Waals surface area contributed by atoms with Gasteiger partial charge in [-0.2, -0.15) is 8.78 Å². The average Bonchev–Trinajstić information content (AvgIpc) is 2.28. The zero-order valence-electron chi connectivity index (χ0n) is 9.25. The number of carbonyl (C=O) groups excluding carboxylic acids is 1. The highest BCUT2D eigenvalue weighted by Gasteiger charge is 2.45. The lowest BCUT2D eigenvalue weighted by Gasteiger charge is -2.15. The minimum Gasteiger partial charge on any atom is -0.478 e. The van der Waals surface area contributed by atoms with E-state index in [0.29, 0.717) is 12.1 Å². The van der Waals surface area contributed by atoms with Crippen LogP contribution in [-0.4, -0.2) is 23.7 Å². The van der Waals surface area contributed by atoms with E-state index < -0.39 is 34.8 Å². The van der Waals surface area contributed by atoms with Gasteiger partial charge in [-0.25, -0.2) is 14.0 Å². The number of esters is 1. The van der Waals surface area contributed by atoms with E-state index in [1.54, 1.807) is 0 Å². The number of ether oxygens (including phenoxy) is 1. The summed E-state index contributed by atoms with van der Waals surface area (Å²) in [4.78, 5) is 21.5. The third-order valence-electron chi connectivity index (χ3n) is 2.09. The van der Waals surface area contributed by atoms with Crippen LogP contribution < -0.4 is 0 Å². The van der Waals surface area contributed by atoms with Crippen molar-refractivity contribution in [3.8, 4) is 0 Å². The molecule has 4 nitrogen and oxygen atoms in total. The van der Waals surface area contributed by atoms with Crippen LogP contribution in [0.4, 0.5) is 13.2 Å². The van der Waals surface area contributed by atoms with E-state index in [9.17, 15) is 22.8 Å². The topological polar surface area (TPSA) is 63.6 Å². The normalized spacial score (nSPS) is 11.1. The second kappa shape index (κ2) is 5.07. The van der Waals surface area contributed by atoms with Crippen LogP contribution in [0.25, 0.3) is 0 Å². The summed E-state index contributed by atoms with van der Waals surface area (Å²) < 4.78 is 44.4. The number of benzene rings is 1. The van der Waals surface area contributed by atoms with Crippen molar-refractivity contribution in [2.45, 2.75) is 12.8 Å². The average molecular weight is 262 g/mol. The highest BCUT2D eigenvalue weighted by atomic mass is 19.3. The Morgan fingerprint density at radius 1 is 1.39 bits per heavy atom. The van der Waals surface area contributed by atoms with Crippen molar-refractivity contribution < 1.29 is 32.6 Å². The summed E-state index contributed by atoms with van der Waals surface area (Å²) in [7, 11) is 0. The van der Waals surface area contributed by atoms with Gasteiger partial charge in [0.2, 0.25) is 0 Å². The number of carboxylic acids is 1. The number of aromatic carboxylic acids is 1. The first-order chi connectivity index (χ1) is 8.30. The lowest BCUT2D eigenvalue weighted by atomic mass is 10.1. The highest BCUT2D eigenvalue weighted by molar-refractivity contribution is 5.88. The minimum atomic E-state index is -4.16. The zero-order valence-corrected chi connectivity index (χ0v) is 9.25. The Bertz CT molecular complexity index is 485. The van der Waals surface area contributed by atoms with Gasteiger partial charge in [0.1, 0.15) is 5.82 Å². The van der Waals surface area contributed by atoms with Crippen molar-refractivity contribution in [2.24, 2.45) is 0 Å². The Hall–Kier alpha value is -2.05. The summed E-state index contributed by atoms with van der Waals surface area (Å²) in [5.41, 5.74) is -1.71. The summed E-state index contributed by atoms with van der Waals surface area (Å²) in [5.74, 6) is -8.98. The lowest BCUT2D eigenvalue weighted by molar-refractivity contribution is -0.173. The third-order valence-corrected chi connectivity index (χ3v) is 2.09. The largest absolute Gasteiger partial charge is 0.478 e. The van der Waals surface area contributed by atoms with E-state index in [4.69, 9.17) is 5.11 Å². The van der Waals surface area contributed by atoms with Crippen molar-refractivity contribution in [1.82, 2.24) is 0 Å². The van der Waals surface area contributed by atoms with Gasteiger partial charge in [0.15, 0.2) is 0 Å². The van der Waals surface area contributed by atoms with E-state index >= 15 is 0 Å². The van der Waals surface area contributed by atoms with Gasteiger partial charge in [-0.05, 0) is 25.1 Å². The monoisotopic (exact) mass is 262 g/mol. The molecule has 98 valence electrons. The van der Waals surface area contributed by atoms with E-state index in [1.807, 2.05) is 0 Å². The fraction of sp³-hybridized carbons (Fsp3) is 0.273. The van der Waals surface area contributed by atoms with Crippen molar-refractivity contribution in [3.05, 3.63) is 35.1 Å². The molecule has 1 aromatic rings. The molecule has 0 bridgehead atoms. The number of carboxylic acid groups (broad SMARTS) is 1. The lowest BCUT2D eigenvalue weighted by Crippen LogP contribution is -2.29. The Balaban J connectivity index is 3.17. The van der Waals surface area contributed by atoms with Gasteiger partial charge in [0, 0.05) is 0 Å². The molecule has 0 atom stereocenters. The van der Waals surface area contributed by atoms with Gasteiger partial charge in [-0.15, -0.1) is 0 Å². The molecule has 0 aliphatic heterocycles. The van der Waals surface area contributed by atoms with Crippen molar-refractivity contribution >= 4 is 11.9 Å². The molecule has 7 heteroatoms. The van der Waals surface area contributed by atoms with Gasteiger partial charge in [-0.1, -0.05) is 0 Å². The molecule has 0 saturated heterocycles.